The standard InChI is InChI=1S/C29H28ClNO4S2/c1-20-6-3-10-23(16-20)24-11-12-26(35-2)27(18-24)37(33,34)19-22-8-4-7-21(17-22)9-5-14-31-29(32)28-25(30)13-15-36-28/h3-4,6-8,10-13,15-18H,5,9,14,19H2,1-2H3,(H,31,32). The van der Waals surface area contributed by atoms with Crippen molar-refractivity contribution in [2.75, 3.05) is 13.7 Å². The largest absolute Gasteiger partial charge is 0.495 e. The second kappa shape index (κ2) is 11.9. The molecule has 4 rings (SSSR count). The maximum atomic E-state index is 13.5. The van der Waals surface area contributed by atoms with E-state index in [1.807, 2.05) is 61.5 Å². The summed E-state index contributed by atoms with van der Waals surface area (Å²) in [5.74, 6) is 0.0121. The first-order valence-corrected chi connectivity index (χ1v) is 14.7. The predicted octanol–water partition coefficient (Wildman–Crippen LogP) is 6.72. The van der Waals surface area contributed by atoms with E-state index in [0.717, 1.165) is 28.7 Å². The number of thiophene rings is 1. The van der Waals surface area contributed by atoms with Gasteiger partial charge in [-0.2, -0.15) is 0 Å². The van der Waals surface area contributed by atoms with Crippen LogP contribution in [0.25, 0.3) is 11.1 Å². The van der Waals surface area contributed by atoms with Crippen LogP contribution in [0, 0.1) is 6.92 Å². The lowest BCUT2D eigenvalue weighted by Crippen LogP contribution is -2.24. The highest BCUT2D eigenvalue weighted by Gasteiger charge is 2.21. The number of benzene rings is 3. The zero-order valence-electron chi connectivity index (χ0n) is 20.7. The number of hydrogen-bond donors (Lipinski definition) is 1. The van der Waals surface area contributed by atoms with Crippen molar-refractivity contribution in [2.45, 2.75) is 30.4 Å². The molecule has 37 heavy (non-hydrogen) atoms. The third kappa shape index (κ3) is 6.80. The number of methoxy groups -OCH3 is 1. The van der Waals surface area contributed by atoms with Crippen molar-refractivity contribution in [3.8, 4) is 16.9 Å². The predicted molar refractivity (Wildman–Crippen MR) is 150 cm³/mol. The summed E-state index contributed by atoms with van der Waals surface area (Å²) in [6.07, 6.45) is 1.43. The summed E-state index contributed by atoms with van der Waals surface area (Å²) in [4.78, 5) is 12.9. The fourth-order valence-electron chi connectivity index (χ4n) is 4.13. The third-order valence-corrected chi connectivity index (χ3v) is 8.99. The molecule has 1 N–H and O–H groups in total. The molecule has 3 aromatic carbocycles. The Labute approximate surface area is 227 Å². The summed E-state index contributed by atoms with van der Waals surface area (Å²) < 4.78 is 32.4. The normalized spacial score (nSPS) is 11.3. The molecule has 0 bridgehead atoms. The molecule has 4 aromatic rings. The lowest BCUT2D eigenvalue weighted by molar-refractivity contribution is 0.0957. The number of hydrogen-bond acceptors (Lipinski definition) is 5. The van der Waals surface area contributed by atoms with Crippen molar-refractivity contribution in [2.24, 2.45) is 0 Å². The van der Waals surface area contributed by atoms with Crippen LogP contribution in [0.2, 0.25) is 5.02 Å². The van der Waals surface area contributed by atoms with Crippen molar-refractivity contribution in [1.29, 1.82) is 0 Å². The summed E-state index contributed by atoms with van der Waals surface area (Å²) in [7, 11) is -2.19. The quantitative estimate of drug-likeness (QED) is 0.221. The van der Waals surface area contributed by atoms with Crippen LogP contribution in [0.5, 0.6) is 5.75 Å². The molecule has 0 fully saturated rings. The van der Waals surface area contributed by atoms with E-state index in [1.54, 1.807) is 23.6 Å². The minimum absolute atomic E-state index is 0.137. The average molecular weight is 554 g/mol. The summed E-state index contributed by atoms with van der Waals surface area (Å²) in [6.45, 7) is 2.50. The third-order valence-electron chi connectivity index (χ3n) is 5.95. The molecule has 5 nitrogen and oxygen atoms in total. The molecule has 0 saturated carbocycles. The maximum absolute atomic E-state index is 13.5. The number of ether oxygens (including phenoxy) is 1. The van der Waals surface area contributed by atoms with Gasteiger partial charge in [-0.1, -0.05) is 71.8 Å². The van der Waals surface area contributed by atoms with Gasteiger partial charge in [0.25, 0.3) is 5.91 Å². The van der Waals surface area contributed by atoms with Crippen LogP contribution in [-0.4, -0.2) is 28.0 Å². The van der Waals surface area contributed by atoms with Crippen molar-refractivity contribution < 1.29 is 17.9 Å². The van der Waals surface area contributed by atoms with Gasteiger partial charge in [-0.15, -0.1) is 11.3 Å². The number of carbonyl (C=O) groups is 1. The van der Waals surface area contributed by atoms with E-state index in [2.05, 4.69) is 5.32 Å². The van der Waals surface area contributed by atoms with E-state index >= 15 is 0 Å². The number of carbonyl (C=O) groups excluding carboxylic acids is 1. The van der Waals surface area contributed by atoms with Gasteiger partial charge in [0.2, 0.25) is 0 Å². The minimum Gasteiger partial charge on any atom is -0.495 e. The lowest BCUT2D eigenvalue weighted by atomic mass is 10.0. The maximum Gasteiger partial charge on any atom is 0.262 e. The average Bonchev–Trinajstić information content (AvgIpc) is 3.32. The summed E-state index contributed by atoms with van der Waals surface area (Å²) in [5, 5.41) is 5.12. The van der Waals surface area contributed by atoms with Gasteiger partial charge in [0.15, 0.2) is 9.84 Å². The topological polar surface area (TPSA) is 72.5 Å². The molecule has 1 heterocycles. The Bertz CT molecular complexity index is 1510. The number of sulfone groups is 1. The van der Waals surface area contributed by atoms with Gasteiger partial charge >= 0.3 is 0 Å². The fraction of sp³-hybridized carbons (Fsp3) is 0.207. The first-order chi connectivity index (χ1) is 17.8. The van der Waals surface area contributed by atoms with Gasteiger partial charge < -0.3 is 10.1 Å². The van der Waals surface area contributed by atoms with Crippen LogP contribution in [0.1, 0.15) is 32.8 Å². The number of halogens is 1. The Morgan fingerprint density at radius 3 is 2.46 bits per heavy atom. The number of rotatable bonds is 10. The van der Waals surface area contributed by atoms with Gasteiger partial charge in [0.05, 0.1) is 17.9 Å². The molecule has 0 unspecified atom stereocenters. The van der Waals surface area contributed by atoms with E-state index in [4.69, 9.17) is 16.3 Å². The number of amides is 1. The van der Waals surface area contributed by atoms with E-state index in [1.165, 1.54) is 18.4 Å². The highest BCUT2D eigenvalue weighted by molar-refractivity contribution is 7.90. The van der Waals surface area contributed by atoms with E-state index < -0.39 is 9.84 Å². The Morgan fingerprint density at radius 1 is 0.973 bits per heavy atom. The molecule has 0 aliphatic carbocycles. The van der Waals surface area contributed by atoms with Crippen molar-refractivity contribution in [3.05, 3.63) is 105 Å². The second-order valence-corrected chi connectivity index (χ2v) is 12.1. The smallest absolute Gasteiger partial charge is 0.262 e. The molecule has 1 amide bonds. The molecule has 8 heteroatoms. The molecule has 0 atom stereocenters. The Morgan fingerprint density at radius 2 is 1.73 bits per heavy atom. The summed E-state index contributed by atoms with van der Waals surface area (Å²) in [6, 6.07) is 22.5. The summed E-state index contributed by atoms with van der Waals surface area (Å²) >= 11 is 7.33. The molecule has 0 aliphatic heterocycles. The number of aryl methyl sites for hydroxylation is 2. The molecule has 0 saturated heterocycles. The first-order valence-electron chi connectivity index (χ1n) is 11.8. The lowest BCUT2D eigenvalue weighted by Gasteiger charge is -2.13. The van der Waals surface area contributed by atoms with E-state index in [0.29, 0.717) is 34.2 Å². The molecule has 1 aromatic heterocycles. The fourth-order valence-corrected chi connectivity index (χ4v) is 6.72. The zero-order valence-corrected chi connectivity index (χ0v) is 23.1. The van der Waals surface area contributed by atoms with Crippen LogP contribution >= 0.6 is 22.9 Å². The van der Waals surface area contributed by atoms with Gasteiger partial charge in [0, 0.05) is 6.54 Å². The van der Waals surface area contributed by atoms with Crippen LogP contribution in [0.15, 0.2) is 83.1 Å². The van der Waals surface area contributed by atoms with Crippen LogP contribution in [0.3, 0.4) is 0 Å². The molecule has 0 aliphatic rings. The minimum atomic E-state index is -3.67. The second-order valence-electron chi connectivity index (χ2n) is 8.77. The van der Waals surface area contributed by atoms with Crippen LogP contribution in [-0.2, 0) is 22.0 Å². The first kappa shape index (κ1) is 26.9. The van der Waals surface area contributed by atoms with Crippen molar-refractivity contribution in [1.82, 2.24) is 5.32 Å². The van der Waals surface area contributed by atoms with Gasteiger partial charge in [0.1, 0.15) is 15.5 Å². The molecular weight excluding hydrogens is 526 g/mol. The van der Waals surface area contributed by atoms with E-state index in [-0.39, 0.29) is 16.6 Å². The van der Waals surface area contributed by atoms with Crippen LogP contribution < -0.4 is 10.1 Å². The van der Waals surface area contributed by atoms with E-state index in [9.17, 15) is 13.2 Å². The van der Waals surface area contributed by atoms with Gasteiger partial charge in [-0.25, -0.2) is 8.42 Å². The molecule has 0 radical (unpaired) electrons. The summed E-state index contributed by atoms with van der Waals surface area (Å²) in [5.41, 5.74) is 4.59. The number of nitrogens with one attached hydrogen (secondary N) is 1. The molecular formula is C29H28ClNO4S2. The molecule has 0 spiro atoms. The van der Waals surface area contributed by atoms with Gasteiger partial charge in [-0.05, 0) is 65.6 Å². The van der Waals surface area contributed by atoms with Crippen LogP contribution in [0.4, 0.5) is 0 Å². The highest BCUT2D eigenvalue weighted by Crippen LogP contribution is 2.32. The molecule has 192 valence electrons. The van der Waals surface area contributed by atoms with Crippen molar-refractivity contribution in [3.63, 3.8) is 0 Å². The van der Waals surface area contributed by atoms with Crippen molar-refractivity contribution >= 4 is 38.7 Å². The SMILES string of the molecule is COc1ccc(-c2cccc(C)c2)cc1S(=O)(=O)Cc1cccc(CCCNC(=O)c2sccc2Cl)c1. The Hall–Kier alpha value is -3.13. The monoisotopic (exact) mass is 553 g/mol. The highest BCUT2D eigenvalue weighted by atomic mass is 35.5. The Balaban J connectivity index is 1.44. The van der Waals surface area contributed by atoms with Gasteiger partial charge in [-0.3, -0.25) is 4.79 Å². The Kier molecular flexibility index (Phi) is 8.69. The zero-order chi connectivity index (χ0) is 26.4.